The van der Waals surface area contributed by atoms with Gasteiger partial charge in [-0.1, -0.05) is 71.7 Å². The normalized spacial score (nSPS) is 11.2. The Balaban J connectivity index is 1.54. The standard InChI is InChI=1S/C30H28Cl2N2O4S2/c1-38-23-14-16-24(17-15-23)40(36,37)34(20-22-8-3-2-4-9-22)29-13-6-5-10-25(29)30(35)33-18-19-39-21-26-27(31)11-7-12-28(26)32/h2-17H,18-21H2,1H3,(H,33,35). The number of carbonyl (C=O) groups is 1. The number of rotatable bonds is 12. The molecule has 0 fully saturated rings. The number of thioether (sulfide) groups is 1. The first-order valence-corrected chi connectivity index (χ1v) is 15.7. The number of sulfonamides is 1. The van der Waals surface area contributed by atoms with Gasteiger partial charge in [0.1, 0.15) is 5.75 Å². The van der Waals surface area contributed by atoms with Crippen molar-refractivity contribution in [1.82, 2.24) is 5.32 Å². The Morgan fingerprint density at radius 1 is 0.875 bits per heavy atom. The Labute approximate surface area is 249 Å². The van der Waals surface area contributed by atoms with Crippen molar-refractivity contribution in [2.24, 2.45) is 0 Å². The minimum absolute atomic E-state index is 0.0495. The smallest absolute Gasteiger partial charge is 0.264 e. The molecule has 4 aromatic rings. The largest absolute Gasteiger partial charge is 0.497 e. The second kappa shape index (κ2) is 13.9. The van der Waals surface area contributed by atoms with Gasteiger partial charge in [0.15, 0.2) is 0 Å². The van der Waals surface area contributed by atoms with Crippen LogP contribution in [0.25, 0.3) is 0 Å². The minimum Gasteiger partial charge on any atom is -0.497 e. The van der Waals surface area contributed by atoms with Crippen LogP contribution in [0.4, 0.5) is 5.69 Å². The Morgan fingerprint density at radius 3 is 2.20 bits per heavy atom. The van der Waals surface area contributed by atoms with Crippen LogP contribution in [0.1, 0.15) is 21.5 Å². The molecule has 4 rings (SSSR count). The summed E-state index contributed by atoms with van der Waals surface area (Å²) in [6, 6.07) is 27.5. The first kappa shape index (κ1) is 29.8. The molecule has 0 heterocycles. The van der Waals surface area contributed by atoms with E-state index in [0.717, 1.165) is 11.1 Å². The molecule has 6 nitrogen and oxygen atoms in total. The molecule has 0 bridgehead atoms. The van der Waals surface area contributed by atoms with Gasteiger partial charge in [-0.15, -0.1) is 0 Å². The van der Waals surface area contributed by atoms with Crippen molar-refractivity contribution in [3.8, 4) is 5.75 Å². The number of hydrogen-bond acceptors (Lipinski definition) is 5. The zero-order valence-electron chi connectivity index (χ0n) is 21.7. The van der Waals surface area contributed by atoms with Crippen LogP contribution in [0.2, 0.25) is 10.0 Å². The van der Waals surface area contributed by atoms with Crippen molar-refractivity contribution in [2.75, 3.05) is 23.7 Å². The zero-order valence-corrected chi connectivity index (χ0v) is 24.9. The summed E-state index contributed by atoms with van der Waals surface area (Å²) in [6.07, 6.45) is 0. The van der Waals surface area contributed by atoms with Gasteiger partial charge in [0.2, 0.25) is 0 Å². The number of halogens is 2. The summed E-state index contributed by atoms with van der Waals surface area (Å²) in [4.78, 5) is 13.4. The molecule has 0 spiro atoms. The van der Waals surface area contributed by atoms with Crippen LogP contribution < -0.4 is 14.4 Å². The highest BCUT2D eigenvalue weighted by Crippen LogP contribution is 2.31. The summed E-state index contributed by atoms with van der Waals surface area (Å²) in [7, 11) is -2.51. The molecule has 0 aromatic heterocycles. The Morgan fingerprint density at radius 2 is 1.52 bits per heavy atom. The summed E-state index contributed by atoms with van der Waals surface area (Å²) in [5, 5.41) is 4.13. The molecular weight excluding hydrogens is 587 g/mol. The van der Waals surface area contributed by atoms with Crippen molar-refractivity contribution in [2.45, 2.75) is 17.2 Å². The summed E-state index contributed by atoms with van der Waals surface area (Å²) in [5.41, 5.74) is 2.18. The molecule has 0 aliphatic carbocycles. The van der Waals surface area contributed by atoms with E-state index in [1.807, 2.05) is 30.3 Å². The molecule has 0 saturated heterocycles. The highest BCUT2D eigenvalue weighted by Gasteiger charge is 2.28. The number of nitrogens with one attached hydrogen (secondary N) is 1. The molecule has 1 N–H and O–H groups in total. The first-order valence-electron chi connectivity index (χ1n) is 12.4. The summed E-state index contributed by atoms with van der Waals surface area (Å²) in [6.45, 7) is 0.428. The molecule has 0 saturated carbocycles. The Bertz CT molecular complexity index is 1530. The van der Waals surface area contributed by atoms with Gasteiger partial charge in [0, 0.05) is 28.1 Å². The van der Waals surface area contributed by atoms with E-state index in [1.54, 1.807) is 66.4 Å². The van der Waals surface area contributed by atoms with Crippen LogP contribution in [-0.2, 0) is 22.3 Å². The highest BCUT2D eigenvalue weighted by molar-refractivity contribution is 7.98. The molecule has 1 amide bonds. The molecule has 4 aromatic carbocycles. The Hall–Kier alpha value is -3.17. The predicted molar refractivity (Wildman–Crippen MR) is 164 cm³/mol. The topological polar surface area (TPSA) is 75.7 Å². The van der Waals surface area contributed by atoms with Crippen molar-refractivity contribution in [3.05, 3.63) is 124 Å². The lowest BCUT2D eigenvalue weighted by Crippen LogP contribution is -2.34. The average molecular weight is 616 g/mol. The molecular formula is C30H28Cl2N2O4S2. The van der Waals surface area contributed by atoms with Crippen molar-refractivity contribution >= 4 is 56.6 Å². The van der Waals surface area contributed by atoms with E-state index >= 15 is 0 Å². The fraction of sp³-hybridized carbons (Fsp3) is 0.167. The van der Waals surface area contributed by atoms with Crippen LogP contribution >= 0.6 is 35.0 Å². The number of amides is 1. The van der Waals surface area contributed by atoms with Gasteiger partial charge in [-0.3, -0.25) is 9.10 Å². The third-order valence-electron chi connectivity index (χ3n) is 6.07. The third-order valence-corrected chi connectivity index (χ3v) is 9.54. The van der Waals surface area contributed by atoms with E-state index in [1.165, 1.54) is 23.5 Å². The molecule has 10 heteroatoms. The summed E-state index contributed by atoms with van der Waals surface area (Å²) < 4.78 is 34.3. The maximum atomic E-state index is 13.9. The van der Waals surface area contributed by atoms with Gasteiger partial charge in [0.25, 0.3) is 15.9 Å². The number of benzene rings is 4. The number of anilines is 1. The molecule has 0 unspecified atom stereocenters. The third kappa shape index (κ3) is 7.31. The predicted octanol–water partition coefficient (Wildman–Crippen LogP) is 7.06. The van der Waals surface area contributed by atoms with Crippen molar-refractivity contribution in [1.29, 1.82) is 0 Å². The number of para-hydroxylation sites is 1. The quantitative estimate of drug-likeness (QED) is 0.173. The molecule has 0 radical (unpaired) electrons. The molecule has 0 aliphatic heterocycles. The van der Waals surface area contributed by atoms with Gasteiger partial charge < -0.3 is 10.1 Å². The van der Waals surface area contributed by atoms with Crippen molar-refractivity contribution in [3.63, 3.8) is 0 Å². The number of carbonyl (C=O) groups excluding carboxylic acids is 1. The van der Waals surface area contributed by atoms with Crippen LogP contribution in [0, 0.1) is 0 Å². The zero-order chi connectivity index (χ0) is 28.5. The maximum absolute atomic E-state index is 13.9. The van der Waals surface area contributed by atoms with Crippen LogP contribution in [0.15, 0.2) is 102 Å². The fourth-order valence-electron chi connectivity index (χ4n) is 3.98. The van der Waals surface area contributed by atoms with E-state index in [2.05, 4.69) is 5.32 Å². The van der Waals surface area contributed by atoms with Gasteiger partial charge in [-0.2, -0.15) is 11.8 Å². The molecule has 40 heavy (non-hydrogen) atoms. The monoisotopic (exact) mass is 614 g/mol. The number of methoxy groups -OCH3 is 1. The van der Waals surface area contributed by atoms with E-state index in [-0.39, 0.29) is 28.6 Å². The van der Waals surface area contributed by atoms with E-state index in [0.29, 0.717) is 33.8 Å². The van der Waals surface area contributed by atoms with Gasteiger partial charge in [-0.25, -0.2) is 8.42 Å². The van der Waals surface area contributed by atoms with E-state index in [9.17, 15) is 13.2 Å². The van der Waals surface area contributed by atoms with Gasteiger partial charge in [-0.05, 0) is 59.7 Å². The maximum Gasteiger partial charge on any atom is 0.264 e. The second-order valence-corrected chi connectivity index (χ2v) is 12.5. The number of hydrogen-bond donors (Lipinski definition) is 1. The van der Waals surface area contributed by atoms with Gasteiger partial charge >= 0.3 is 0 Å². The lowest BCUT2D eigenvalue weighted by atomic mass is 10.1. The summed E-state index contributed by atoms with van der Waals surface area (Å²) >= 11 is 14.1. The number of nitrogens with zero attached hydrogens (tertiary/aromatic N) is 1. The lowest BCUT2D eigenvalue weighted by molar-refractivity contribution is 0.0957. The van der Waals surface area contributed by atoms with E-state index in [4.69, 9.17) is 27.9 Å². The van der Waals surface area contributed by atoms with Gasteiger partial charge in [0.05, 0.1) is 29.8 Å². The number of ether oxygens (including phenoxy) is 1. The van der Waals surface area contributed by atoms with Crippen LogP contribution in [0.3, 0.4) is 0 Å². The minimum atomic E-state index is -4.03. The van der Waals surface area contributed by atoms with E-state index < -0.39 is 10.0 Å². The average Bonchev–Trinajstić information content (AvgIpc) is 2.97. The fourth-order valence-corrected chi connectivity index (χ4v) is 7.05. The SMILES string of the molecule is COc1ccc(S(=O)(=O)N(Cc2ccccc2)c2ccccc2C(=O)NCCSCc2c(Cl)cccc2Cl)cc1. The van der Waals surface area contributed by atoms with Crippen LogP contribution in [0.5, 0.6) is 5.75 Å². The van der Waals surface area contributed by atoms with Crippen molar-refractivity contribution < 1.29 is 17.9 Å². The molecule has 0 aliphatic rings. The highest BCUT2D eigenvalue weighted by atomic mass is 35.5. The van der Waals surface area contributed by atoms with Crippen LogP contribution in [-0.4, -0.2) is 33.7 Å². The molecule has 0 atom stereocenters. The lowest BCUT2D eigenvalue weighted by Gasteiger charge is -2.26. The Kier molecular flexibility index (Phi) is 10.4. The molecule has 208 valence electrons. The second-order valence-electron chi connectivity index (χ2n) is 8.70. The summed E-state index contributed by atoms with van der Waals surface area (Å²) in [5.74, 6) is 1.40. The first-order chi connectivity index (χ1) is 19.3.